The molecule has 0 bridgehead atoms. The fraction of sp³-hybridized carbons (Fsp3) is 0.588. The topological polar surface area (TPSA) is 66.9 Å². The van der Waals surface area contributed by atoms with E-state index in [-0.39, 0.29) is 23.3 Å². The third-order valence-electron chi connectivity index (χ3n) is 4.90. The van der Waals surface area contributed by atoms with Gasteiger partial charge in [-0.2, -0.15) is 0 Å². The standard InChI is InChI=1S/C17H23ClN2O4S/c1-24-16-3-2-15(18)10-14(16)11-19-5-7-20(8-6-19)17(21)13-4-9-25(22,23)12-13/h2-3,10,13H,4-9,11-12H2,1H3. The van der Waals surface area contributed by atoms with Gasteiger partial charge in [-0.1, -0.05) is 11.6 Å². The number of rotatable bonds is 4. The number of hydrogen-bond acceptors (Lipinski definition) is 5. The second-order valence-electron chi connectivity index (χ2n) is 6.66. The van der Waals surface area contributed by atoms with Crippen molar-refractivity contribution in [2.45, 2.75) is 13.0 Å². The average molecular weight is 387 g/mol. The minimum absolute atomic E-state index is 0.00572. The molecular weight excluding hydrogens is 364 g/mol. The summed E-state index contributed by atoms with van der Waals surface area (Å²) in [6, 6.07) is 5.56. The predicted molar refractivity (Wildman–Crippen MR) is 96.6 cm³/mol. The van der Waals surface area contributed by atoms with Crippen LogP contribution in [0, 0.1) is 5.92 Å². The first-order chi connectivity index (χ1) is 11.9. The molecule has 0 spiro atoms. The second kappa shape index (κ2) is 7.51. The van der Waals surface area contributed by atoms with Gasteiger partial charge < -0.3 is 9.64 Å². The van der Waals surface area contributed by atoms with E-state index in [0.717, 1.165) is 24.4 Å². The van der Waals surface area contributed by atoms with E-state index < -0.39 is 9.84 Å². The lowest BCUT2D eigenvalue weighted by Crippen LogP contribution is -2.50. The third kappa shape index (κ3) is 4.46. The van der Waals surface area contributed by atoms with Gasteiger partial charge in [0.2, 0.25) is 5.91 Å². The van der Waals surface area contributed by atoms with E-state index in [1.807, 2.05) is 12.1 Å². The highest BCUT2D eigenvalue weighted by atomic mass is 35.5. The first-order valence-electron chi connectivity index (χ1n) is 8.42. The summed E-state index contributed by atoms with van der Waals surface area (Å²) < 4.78 is 28.5. The Hall–Kier alpha value is -1.31. The van der Waals surface area contributed by atoms with Gasteiger partial charge in [-0.05, 0) is 24.6 Å². The lowest BCUT2D eigenvalue weighted by atomic mass is 10.1. The number of amides is 1. The minimum Gasteiger partial charge on any atom is -0.496 e. The van der Waals surface area contributed by atoms with E-state index in [9.17, 15) is 13.2 Å². The van der Waals surface area contributed by atoms with Gasteiger partial charge in [-0.3, -0.25) is 9.69 Å². The average Bonchev–Trinajstić information content (AvgIpc) is 2.95. The van der Waals surface area contributed by atoms with Gasteiger partial charge in [0.25, 0.3) is 0 Å². The zero-order valence-electron chi connectivity index (χ0n) is 14.3. The molecule has 0 N–H and O–H groups in total. The van der Waals surface area contributed by atoms with Crippen molar-refractivity contribution in [3.05, 3.63) is 28.8 Å². The van der Waals surface area contributed by atoms with Gasteiger partial charge in [0, 0.05) is 43.3 Å². The summed E-state index contributed by atoms with van der Waals surface area (Å²) in [5.74, 6) is 0.577. The Morgan fingerprint density at radius 1 is 1.28 bits per heavy atom. The summed E-state index contributed by atoms with van der Waals surface area (Å²) in [6.45, 7) is 3.46. The number of sulfone groups is 1. The van der Waals surface area contributed by atoms with Crippen molar-refractivity contribution in [3.63, 3.8) is 0 Å². The molecule has 1 unspecified atom stereocenters. The predicted octanol–water partition coefficient (Wildman–Crippen LogP) is 1.43. The van der Waals surface area contributed by atoms with Crippen LogP contribution in [0.4, 0.5) is 0 Å². The lowest BCUT2D eigenvalue weighted by Gasteiger charge is -2.36. The number of ether oxygens (including phenoxy) is 1. The third-order valence-corrected chi connectivity index (χ3v) is 6.91. The van der Waals surface area contributed by atoms with Crippen LogP contribution in [-0.2, 0) is 21.2 Å². The molecule has 2 heterocycles. The molecule has 0 aromatic heterocycles. The van der Waals surface area contributed by atoms with Crippen LogP contribution < -0.4 is 4.74 Å². The van der Waals surface area contributed by atoms with Crippen molar-refractivity contribution in [1.82, 2.24) is 9.80 Å². The Labute approximate surface area is 153 Å². The van der Waals surface area contributed by atoms with Crippen LogP contribution in [0.25, 0.3) is 0 Å². The largest absolute Gasteiger partial charge is 0.496 e. The molecule has 1 atom stereocenters. The molecule has 2 aliphatic rings. The van der Waals surface area contributed by atoms with Gasteiger partial charge in [-0.25, -0.2) is 8.42 Å². The maximum atomic E-state index is 12.5. The van der Waals surface area contributed by atoms with Crippen LogP contribution in [0.15, 0.2) is 18.2 Å². The Kier molecular flexibility index (Phi) is 5.55. The number of carbonyl (C=O) groups is 1. The van der Waals surface area contributed by atoms with Crippen LogP contribution in [0.5, 0.6) is 5.75 Å². The van der Waals surface area contributed by atoms with Gasteiger partial charge >= 0.3 is 0 Å². The Morgan fingerprint density at radius 3 is 2.60 bits per heavy atom. The van der Waals surface area contributed by atoms with Crippen LogP contribution in [0.1, 0.15) is 12.0 Å². The molecule has 2 saturated heterocycles. The fourth-order valence-corrected chi connectivity index (χ4v) is 5.41. The van der Waals surface area contributed by atoms with E-state index in [2.05, 4.69) is 4.90 Å². The van der Waals surface area contributed by atoms with Crippen LogP contribution in [0.3, 0.4) is 0 Å². The monoisotopic (exact) mass is 386 g/mol. The first kappa shape index (κ1) is 18.5. The Morgan fingerprint density at radius 2 is 2.00 bits per heavy atom. The van der Waals surface area contributed by atoms with Crippen molar-refractivity contribution >= 4 is 27.3 Å². The molecular formula is C17H23ClN2O4S. The highest BCUT2D eigenvalue weighted by Crippen LogP contribution is 2.25. The smallest absolute Gasteiger partial charge is 0.226 e. The number of nitrogens with zero attached hydrogens (tertiary/aromatic N) is 2. The molecule has 0 saturated carbocycles. The van der Waals surface area contributed by atoms with Gasteiger partial charge in [-0.15, -0.1) is 0 Å². The van der Waals surface area contributed by atoms with Crippen molar-refractivity contribution in [1.29, 1.82) is 0 Å². The Balaban J connectivity index is 1.56. The second-order valence-corrected chi connectivity index (χ2v) is 9.32. The summed E-state index contributed by atoms with van der Waals surface area (Å²) in [4.78, 5) is 16.6. The van der Waals surface area contributed by atoms with Crippen molar-refractivity contribution in [3.8, 4) is 5.75 Å². The van der Waals surface area contributed by atoms with E-state index in [4.69, 9.17) is 16.3 Å². The first-order valence-corrected chi connectivity index (χ1v) is 10.6. The number of benzene rings is 1. The summed E-state index contributed by atoms with van der Waals surface area (Å²) in [6.07, 6.45) is 0.459. The van der Waals surface area contributed by atoms with Crippen molar-refractivity contribution < 1.29 is 17.9 Å². The van der Waals surface area contributed by atoms with Crippen molar-refractivity contribution in [2.24, 2.45) is 5.92 Å². The zero-order valence-corrected chi connectivity index (χ0v) is 15.9. The molecule has 138 valence electrons. The van der Waals surface area contributed by atoms with Crippen LogP contribution in [-0.4, -0.2) is 68.9 Å². The Bertz CT molecular complexity index is 745. The zero-order chi connectivity index (χ0) is 18.0. The van der Waals surface area contributed by atoms with E-state index >= 15 is 0 Å². The molecule has 3 rings (SSSR count). The number of piperazine rings is 1. The normalized spacial score (nSPS) is 23.6. The molecule has 0 radical (unpaired) electrons. The molecule has 2 fully saturated rings. The molecule has 1 amide bonds. The van der Waals surface area contributed by atoms with E-state index in [0.29, 0.717) is 31.1 Å². The molecule has 8 heteroatoms. The van der Waals surface area contributed by atoms with Crippen LogP contribution >= 0.6 is 11.6 Å². The number of methoxy groups -OCH3 is 1. The fourth-order valence-electron chi connectivity index (χ4n) is 3.49. The SMILES string of the molecule is COc1ccc(Cl)cc1CN1CCN(C(=O)C2CCS(=O)(=O)C2)CC1. The van der Waals surface area contributed by atoms with E-state index in [1.54, 1.807) is 18.1 Å². The quantitative estimate of drug-likeness (QED) is 0.783. The summed E-state index contributed by atoms with van der Waals surface area (Å²) in [7, 11) is -1.39. The highest BCUT2D eigenvalue weighted by Gasteiger charge is 2.36. The molecule has 6 nitrogen and oxygen atoms in total. The summed E-state index contributed by atoms with van der Waals surface area (Å²) in [5, 5.41) is 0.673. The summed E-state index contributed by atoms with van der Waals surface area (Å²) >= 11 is 6.08. The number of halogens is 1. The molecule has 25 heavy (non-hydrogen) atoms. The molecule has 1 aromatic rings. The summed E-state index contributed by atoms with van der Waals surface area (Å²) in [5.41, 5.74) is 1.02. The number of hydrogen-bond donors (Lipinski definition) is 0. The maximum Gasteiger partial charge on any atom is 0.226 e. The minimum atomic E-state index is -3.03. The van der Waals surface area contributed by atoms with E-state index in [1.165, 1.54) is 0 Å². The maximum absolute atomic E-state index is 12.5. The molecule has 1 aromatic carbocycles. The number of carbonyl (C=O) groups excluding carboxylic acids is 1. The van der Waals surface area contributed by atoms with Crippen LogP contribution in [0.2, 0.25) is 5.02 Å². The molecule has 2 aliphatic heterocycles. The van der Waals surface area contributed by atoms with Crippen molar-refractivity contribution in [2.75, 3.05) is 44.8 Å². The molecule has 0 aliphatic carbocycles. The van der Waals surface area contributed by atoms with Gasteiger partial charge in [0.05, 0.1) is 24.5 Å². The highest BCUT2D eigenvalue weighted by molar-refractivity contribution is 7.91. The lowest BCUT2D eigenvalue weighted by molar-refractivity contribution is -0.136. The van der Waals surface area contributed by atoms with Gasteiger partial charge in [0.1, 0.15) is 5.75 Å². The van der Waals surface area contributed by atoms with Gasteiger partial charge in [0.15, 0.2) is 9.84 Å².